The van der Waals surface area contributed by atoms with Crippen LogP contribution < -0.4 is 10.9 Å². The summed E-state index contributed by atoms with van der Waals surface area (Å²) in [7, 11) is 1.77. The van der Waals surface area contributed by atoms with Crippen LogP contribution in [0.4, 0.5) is 11.6 Å². The molecular weight excluding hydrogens is 366 g/mol. The topological polar surface area (TPSA) is 90.0 Å². The van der Waals surface area contributed by atoms with Crippen LogP contribution >= 0.6 is 0 Å². The molecule has 148 valence electrons. The molecule has 1 aliphatic rings. The highest BCUT2D eigenvalue weighted by atomic mass is 16.1. The van der Waals surface area contributed by atoms with Gasteiger partial charge in [0, 0.05) is 13.1 Å². The van der Waals surface area contributed by atoms with Crippen LogP contribution in [-0.2, 0) is 7.05 Å². The van der Waals surface area contributed by atoms with Gasteiger partial charge in [-0.2, -0.15) is 5.10 Å². The second-order valence-electron chi connectivity index (χ2n) is 7.82. The minimum Gasteiger partial charge on any atom is -0.323 e. The van der Waals surface area contributed by atoms with Gasteiger partial charge in [-0.05, 0) is 42.9 Å². The summed E-state index contributed by atoms with van der Waals surface area (Å²) in [6, 6.07) is 3.73. The predicted octanol–water partition coefficient (Wildman–Crippen LogP) is 3.47. The van der Waals surface area contributed by atoms with Gasteiger partial charge >= 0.3 is 0 Å². The third-order valence-electron chi connectivity index (χ3n) is 5.93. The van der Waals surface area contributed by atoms with E-state index in [9.17, 15) is 4.79 Å². The smallest absolute Gasteiger partial charge is 0.251 e. The number of nitrogens with one attached hydrogen (secondary N) is 1. The fourth-order valence-corrected chi connectivity index (χ4v) is 4.24. The van der Waals surface area contributed by atoms with Gasteiger partial charge < -0.3 is 9.88 Å². The molecule has 0 amide bonds. The van der Waals surface area contributed by atoms with Crippen molar-refractivity contribution in [2.45, 2.75) is 44.9 Å². The molecule has 1 N–H and O–H groups in total. The number of aryl methyl sites for hydroxylation is 2. The number of pyridine rings is 2. The van der Waals surface area contributed by atoms with E-state index in [-0.39, 0.29) is 5.56 Å². The van der Waals surface area contributed by atoms with E-state index in [1.807, 2.05) is 19.2 Å². The largest absolute Gasteiger partial charge is 0.323 e. The summed E-state index contributed by atoms with van der Waals surface area (Å²) in [5, 5.41) is 7.51. The Morgan fingerprint density at radius 1 is 1.14 bits per heavy atom. The van der Waals surface area contributed by atoms with Crippen LogP contribution in [0.1, 0.15) is 49.1 Å². The summed E-state index contributed by atoms with van der Waals surface area (Å²) < 4.78 is 3.34. The molecule has 0 aromatic carbocycles. The minimum absolute atomic E-state index is 0.00476. The zero-order valence-corrected chi connectivity index (χ0v) is 16.6. The normalized spacial score (nSPS) is 15.2. The maximum atomic E-state index is 12.5. The van der Waals surface area contributed by atoms with E-state index in [1.165, 1.54) is 25.6 Å². The SMILES string of the molecule is Cc1cc2ncnn2cc1Nc1ncc2c(n1)c(C1CCCCC1)cc(=O)n2C. The van der Waals surface area contributed by atoms with E-state index >= 15 is 0 Å². The molecule has 1 aliphatic carbocycles. The van der Waals surface area contributed by atoms with E-state index < -0.39 is 0 Å². The van der Waals surface area contributed by atoms with Gasteiger partial charge in [0.1, 0.15) is 6.33 Å². The molecule has 0 radical (unpaired) electrons. The minimum atomic E-state index is -0.00476. The van der Waals surface area contributed by atoms with Gasteiger partial charge in [-0.1, -0.05) is 19.3 Å². The second kappa shape index (κ2) is 6.95. The predicted molar refractivity (Wildman–Crippen MR) is 112 cm³/mol. The zero-order valence-electron chi connectivity index (χ0n) is 16.6. The first-order chi connectivity index (χ1) is 14.1. The molecular formula is C21H23N7O. The van der Waals surface area contributed by atoms with Crippen molar-refractivity contribution in [3.05, 3.63) is 52.3 Å². The summed E-state index contributed by atoms with van der Waals surface area (Å²) in [5.41, 5.74) is 5.37. The molecule has 0 spiro atoms. The Labute approximate surface area is 167 Å². The molecule has 0 unspecified atom stereocenters. The van der Waals surface area contributed by atoms with Gasteiger partial charge in [-0.3, -0.25) is 4.79 Å². The molecule has 4 aromatic rings. The number of fused-ring (bicyclic) bond motifs is 2. The Bertz CT molecular complexity index is 1270. The van der Waals surface area contributed by atoms with Crippen molar-refractivity contribution in [1.29, 1.82) is 0 Å². The average Bonchev–Trinajstić information content (AvgIpc) is 3.18. The molecule has 8 nitrogen and oxygen atoms in total. The maximum absolute atomic E-state index is 12.5. The summed E-state index contributed by atoms with van der Waals surface area (Å²) in [5.74, 6) is 0.895. The van der Waals surface area contributed by atoms with Crippen molar-refractivity contribution in [3.8, 4) is 0 Å². The second-order valence-corrected chi connectivity index (χ2v) is 7.82. The first-order valence-corrected chi connectivity index (χ1v) is 10.0. The van der Waals surface area contributed by atoms with Crippen LogP contribution in [0.2, 0.25) is 0 Å². The lowest BCUT2D eigenvalue weighted by atomic mass is 9.84. The summed E-state index contributed by atoms with van der Waals surface area (Å²) in [6.07, 6.45) is 11.0. The first kappa shape index (κ1) is 17.8. The first-order valence-electron chi connectivity index (χ1n) is 10.0. The third kappa shape index (κ3) is 3.14. The third-order valence-corrected chi connectivity index (χ3v) is 5.93. The lowest BCUT2D eigenvalue weighted by molar-refractivity contribution is 0.444. The van der Waals surface area contributed by atoms with Crippen molar-refractivity contribution in [3.63, 3.8) is 0 Å². The van der Waals surface area contributed by atoms with Crippen LogP contribution in [-0.4, -0.2) is 29.1 Å². The number of rotatable bonds is 3. The highest BCUT2D eigenvalue weighted by Gasteiger charge is 2.21. The van der Waals surface area contributed by atoms with Crippen molar-refractivity contribution in [2.75, 3.05) is 5.32 Å². The Morgan fingerprint density at radius 2 is 1.97 bits per heavy atom. The van der Waals surface area contributed by atoms with Gasteiger partial charge in [-0.25, -0.2) is 19.5 Å². The van der Waals surface area contributed by atoms with E-state index in [0.29, 0.717) is 11.9 Å². The molecule has 8 heteroatoms. The van der Waals surface area contributed by atoms with Crippen LogP contribution in [0.25, 0.3) is 16.7 Å². The fourth-order valence-electron chi connectivity index (χ4n) is 4.24. The van der Waals surface area contributed by atoms with Gasteiger partial charge in [-0.15, -0.1) is 0 Å². The van der Waals surface area contributed by atoms with Gasteiger partial charge in [0.25, 0.3) is 5.56 Å². The van der Waals surface area contributed by atoms with Crippen molar-refractivity contribution in [2.24, 2.45) is 7.05 Å². The fraction of sp³-hybridized carbons (Fsp3) is 0.381. The molecule has 1 fully saturated rings. The molecule has 0 bridgehead atoms. The van der Waals surface area contributed by atoms with Crippen molar-refractivity contribution >= 4 is 28.3 Å². The molecule has 0 aliphatic heterocycles. The standard InChI is InChI=1S/C21H23N7O/c1-13-8-18-23-12-24-28(18)11-16(13)25-21-22-10-17-20(26-21)15(9-19(29)27(17)2)14-6-4-3-5-7-14/h8-12,14H,3-7H2,1-2H3,(H,22,25,26). The number of aromatic nitrogens is 6. The molecule has 4 heterocycles. The Balaban J connectivity index is 1.60. The average molecular weight is 389 g/mol. The molecule has 0 saturated heterocycles. The van der Waals surface area contributed by atoms with Crippen LogP contribution in [0, 0.1) is 6.92 Å². The van der Waals surface area contributed by atoms with Gasteiger partial charge in [0.2, 0.25) is 5.95 Å². The highest BCUT2D eigenvalue weighted by Crippen LogP contribution is 2.35. The van der Waals surface area contributed by atoms with Crippen LogP contribution in [0.15, 0.2) is 35.6 Å². The molecule has 4 aromatic heterocycles. The lowest BCUT2D eigenvalue weighted by Crippen LogP contribution is -2.20. The Morgan fingerprint density at radius 3 is 2.79 bits per heavy atom. The molecule has 1 saturated carbocycles. The Hall–Kier alpha value is -3.29. The molecule has 29 heavy (non-hydrogen) atoms. The van der Waals surface area contributed by atoms with Gasteiger partial charge in [0.15, 0.2) is 5.65 Å². The van der Waals surface area contributed by atoms with Crippen molar-refractivity contribution in [1.82, 2.24) is 29.1 Å². The number of hydrogen-bond acceptors (Lipinski definition) is 6. The highest BCUT2D eigenvalue weighted by molar-refractivity contribution is 5.80. The summed E-state index contributed by atoms with van der Waals surface area (Å²) in [4.78, 5) is 26.0. The maximum Gasteiger partial charge on any atom is 0.251 e. The summed E-state index contributed by atoms with van der Waals surface area (Å²) >= 11 is 0. The van der Waals surface area contributed by atoms with E-state index in [0.717, 1.165) is 46.3 Å². The van der Waals surface area contributed by atoms with E-state index in [4.69, 9.17) is 4.98 Å². The van der Waals surface area contributed by atoms with E-state index in [2.05, 4.69) is 20.4 Å². The van der Waals surface area contributed by atoms with Crippen molar-refractivity contribution < 1.29 is 0 Å². The number of nitrogens with zero attached hydrogens (tertiary/aromatic N) is 6. The van der Waals surface area contributed by atoms with Crippen LogP contribution in [0.3, 0.4) is 0 Å². The summed E-state index contributed by atoms with van der Waals surface area (Å²) in [6.45, 7) is 2.01. The molecule has 0 atom stereocenters. The monoisotopic (exact) mass is 389 g/mol. The van der Waals surface area contributed by atoms with Gasteiger partial charge in [0.05, 0.1) is 29.1 Å². The van der Waals surface area contributed by atoms with Crippen LogP contribution in [0.5, 0.6) is 0 Å². The lowest BCUT2D eigenvalue weighted by Gasteiger charge is -2.23. The quantitative estimate of drug-likeness (QED) is 0.577. The molecule has 5 rings (SSSR count). The number of anilines is 2. The number of hydrogen-bond donors (Lipinski definition) is 1. The zero-order chi connectivity index (χ0) is 20.0. The van der Waals surface area contributed by atoms with E-state index in [1.54, 1.807) is 28.4 Å². The Kier molecular flexibility index (Phi) is 4.26.